The molecule has 3 aromatic rings. The van der Waals surface area contributed by atoms with Crippen LogP contribution in [0.1, 0.15) is 54.3 Å². The topological polar surface area (TPSA) is 95.9 Å². The Morgan fingerprint density at radius 2 is 1.74 bits per heavy atom. The first-order chi connectivity index (χ1) is 18.4. The fourth-order valence-electron chi connectivity index (χ4n) is 5.40. The lowest BCUT2D eigenvalue weighted by Gasteiger charge is -2.35. The Balaban J connectivity index is 1.68. The number of hydrogen-bond donors (Lipinski definition) is 2. The molecule has 38 heavy (non-hydrogen) atoms. The molecule has 7 nitrogen and oxygen atoms in total. The van der Waals surface area contributed by atoms with Crippen LogP contribution in [-0.4, -0.2) is 29.9 Å². The van der Waals surface area contributed by atoms with Crippen LogP contribution in [0.2, 0.25) is 0 Å². The normalized spacial score (nSPS) is 18.7. The Hall–Kier alpha value is -4.39. The standard InChI is InChI=1S/C31H30N2O5/c1-19-10-12-20(13-11-19)22-17-25-30(27(34)18-22)31(21-6-5-7-23(16-21)38-2)33(28(35)14-15-29(36)37)26-9-4-3-8-24(26)32-25/h3-13,16,22,31-32H,14-15,17-18H2,1-2H3,(H,36,37)/t22-,31+/m0/s1. The number of anilines is 2. The number of benzene rings is 3. The number of aliphatic carboxylic acids is 1. The van der Waals surface area contributed by atoms with Crippen LogP contribution in [0.3, 0.4) is 0 Å². The molecule has 2 aliphatic rings. The van der Waals surface area contributed by atoms with Gasteiger partial charge in [-0.3, -0.25) is 19.3 Å². The zero-order valence-electron chi connectivity index (χ0n) is 21.4. The van der Waals surface area contributed by atoms with Crippen LogP contribution in [0.4, 0.5) is 11.4 Å². The van der Waals surface area contributed by atoms with E-state index in [-0.39, 0.29) is 30.4 Å². The van der Waals surface area contributed by atoms with E-state index in [9.17, 15) is 19.5 Å². The van der Waals surface area contributed by atoms with Crippen molar-refractivity contribution in [1.82, 2.24) is 0 Å². The summed E-state index contributed by atoms with van der Waals surface area (Å²) < 4.78 is 5.47. The number of fused-ring (bicyclic) bond motifs is 1. The average molecular weight is 511 g/mol. The average Bonchev–Trinajstić information content (AvgIpc) is 3.07. The predicted molar refractivity (Wildman–Crippen MR) is 145 cm³/mol. The molecular weight excluding hydrogens is 480 g/mol. The van der Waals surface area contributed by atoms with Gasteiger partial charge >= 0.3 is 5.97 Å². The number of Topliss-reactive ketones (excluding diaryl/α,β-unsaturated/α-hetero) is 1. The van der Waals surface area contributed by atoms with Gasteiger partial charge in [-0.15, -0.1) is 0 Å². The molecule has 0 fully saturated rings. The molecule has 1 heterocycles. The Labute approximate surface area is 221 Å². The Morgan fingerprint density at radius 1 is 0.974 bits per heavy atom. The molecule has 3 aromatic carbocycles. The zero-order chi connectivity index (χ0) is 26.8. The van der Waals surface area contributed by atoms with Crippen LogP contribution >= 0.6 is 0 Å². The molecule has 194 valence electrons. The second-order valence-corrected chi connectivity index (χ2v) is 9.81. The third-order valence-electron chi connectivity index (χ3n) is 7.27. The van der Waals surface area contributed by atoms with Gasteiger partial charge in [-0.25, -0.2) is 0 Å². The van der Waals surface area contributed by atoms with Crippen LogP contribution in [0.25, 0.3) is 0 Å². The van der Waals surface area contributed by atoms with Crippen molar-refractivity contribution >= 4 is 29.0 Å². The van der Waals surface area contributed by atoms with Gasteiger partial charge < -0.3 is 15.2 Å². The second kappa shape index (κ2) is 10.5. The first-order valence-electron chi connectivity index (χ1n) is 12.7. The summed E-state index contributed by atoms with van der Waals surface area (Å²) in [7, 11) is 1.57. The number of para-hydroxylation sites is 2. The van der Waals surface area contributed by atoms with E-state index in [1.54, 1.807) is 12.0 Å². The monoisotopic (exact) mass is 510 g/mol. The number of carbonyl (C=O) groups excluding carboxylic acids is 2. The maximum absolute atomic E-state index is 14.0. The largest absolute Gasteiger partial charge is 0.497 e. The number of hydrogen-bond acceptors (Lipinski definition) is 5. The van der Waals surface area contributed by atoms with Crippen molar-refractivity contribution in [1.29, 1.82) is 0 Å². The Morgan fingerprint density at radius 3 is 2.47 bits per heavy atom. The highest BCUT2D eigenvalue weighted by Crippen LogP contribution is 2.48. The van der Waals surface area contributed by atoms with Gasteiger partial charge in [-0.1, -0.05) is 54.1 Å². The fourth-order valence-corrected chi connectivity index (χ4v) is 5.40. The van der Waals surface area contributed by atoms with E-state index >= 15 is 0 Å². The van der Waals surface area contributed by atoms with Gasteiger partial charge in [-0.05, 0) is 54.7 Å². The first-order valence-corrected chi connectivity index (χ1v) is 12.7. The molecule has 0 radical (unpaired) electrons. The minimum absolute atomic E-state index is 0.00161. The first kappa shape index (κ1) is 25.3. The molecule has 5 rings (SSSR count). The summed E-state index contributed by atoms with van der Waals surface area (Å²) in [6.45, 7) is 2.04. The molecule has 7 heteroatoms. The van der Waals surface area contributed by atoms with Gasteiger partial charge in [0.25, 0.3) is 0 Å². The summed E-state index contributed by atoms with van der Waals surface area (Å²) in [5.74, 6) is -0.847. The van der Waals surface area contributed by atoms with Crippen molar-refractivity contribution in [3.05, 3.63) is 101 Å². The lowest BCUT2D eigenvalue weighted by atomic mass is 9.78. The third-order valence-corrected chi connectivity index (χ3v) is 7.27. The third kappa shape index (κ3) is 4.92. The summed E-state index contributed by atoms with van der Waals surface area (Å²) in [4.78, 5) is 40.7. The van der Waals surface area contributed by atoms with Crippen molar-refractivity contribution in [2.45, 2.75) is 44.6 Å². The molecule has 1 aliphatic heterocycles. The van der Waals surface area contributed by atoms with E-state index in [1.807, 2.05) is 55.5 Å². The smallest absolute Gasteiger partial charge is 0.303 e. The molecule has 0 unspecified atom stereocenters. The van der Waals surface area contributed by atoms with E-state index < -0.39 is 12.0 Å². The number of carbonyl (C=O) groups is 3. The number of rotatable bonds is 6. The summed E-state index contributed by atoms with van der Waals surface area (Å²) in [6, 6.07) is 22.3. The summed E-state index contributed by atoms with van der Waals surface area (Å²) in [6.07, 6.45) is 0.436. The molecule has 0 bridgehead atoms. The number of nitrogens with one attached hydrogen (secondary N) is 1. The molecule has 0 saturated carbocycles. The minimum atomic E-state index is -1.05. The van der Waals surface area contributed by atoms with E-state index in [2.05, 4.69) is 29.6 Å². The quantitative estimate of drug-likeness (QED) is 0.437. The van der Waals surface area contributed by atoms with Gasteiger partial charge in [0, 0.05) is 24.1 Å². The number of carboxylic acid groups (broad SMARTS) is 1. The van der Waals surface area contributed by atoms with Crippen molar-refractivity contribution in [2.75, 3.05) is 17.3 Å². The van der Waals surface area contributed by atoms with E-state index in [4.69, 9.17) is 4.74 Å². The van der Waals surface area contributed by atoms with Gasteiger partial charge in [-0.2, -0.15) is 0 Å². The van der Waals surface area contributed by atoms with E-state index in [1.165, 1.54) is 0 Å². The number of allylic oxidation sites excluding steroid dienone is 1. The van der Waals surface area contributed by atoms with Crippen molar-refractivity contribution in [2.24, 2.45) is 0 Å². The maximum atomic E-state index is 14.0. The van der Waals surface area contributed by atoms with Crippen LogP contribution in [0.15, 0.2) is 84.1 Å². The highest BCUT2D eigenvalue weighted by molar-refractivity contribution is 6.06. The molecular formula is C31H30N2O5. The van der Waals surface area contributed by atoms with Crippen molar-refractivity contribution in [3.8, 4) is 5.75 Å². The van der Waals surface area contributed by atoms with Gasteiger partial charge in [0.1, 0.15) is 5.75 Å². The summed E-state index contributed by atoms with van der Waals surface area (Å²) in [5, 5.41) is 12.8. The van der Waals surface area contributed by atoms with Gasteiger partial charge in [0.2, 0.25) is 5.91 Å². The molecule has 2 atom stereocenters. The Kier molecular flexibility index (Phi) is 7.01. The van der Waals surface area contributed by atoms with Crippen LogP contribution in [0, 0.1) is 6.92 Å². The summed E-state index contributed by atoms with van der Waals surface area (Å²) >= 11 is 0. The number of carboxylic acids is 1. The highest BCUT2D eigenvalue weighted by Gasteiger charge is 2.41. The van der Waals surface area contributed by atoms with Gasteiger partial charge in [0.05, 0.1) is 30.9 Å². The molecule has 0 aromatic heterocycles. The maximum Gasteiger partial charge on any atom is 0.303 e. The Bertz CT molecular complexity index is 1430. The molecule has 2 N–H and O–H groups in total. The SMILES string of the molecule is COc1cccc([C@@H]2C3=C(C[C@H](c4ccc(C)cc4)CC3=O)Nc3ccccc3N2C(=O)CCC(=O)O)c1. The molecule has 0 saturated heterocycles. The lowest BCUT2D eigenvalue weighted by Crippen LogP contribution is -2.38. The highest BCUT2D eigenvalue weighted by atomic mass is 16.5. The van der Waals surface area contributed by atoms with Crippen LogP contribution in [0.5, 0.6) is 5.75 Å². The van der Waals surface area contributed by atoms with E-state index in [0.29, 0.717) is 35.5 Å². The number of methoxy groups -OCH3 is 1. The molecule has 1 aliphatic carbocycles. The molecule has 0 spiro atoms. The second-order valence-electron chi connectivity index (χ2n) is 9.81. The van der Waals surface area contributed by atoms with Crippen molar-refractivity contribution < 1.29 is 24.2 Å². The van der Waals surface area contributed by atoms with Gasteiger partial charge in [0.15, 0.2) is 5.78 Å². The number of amides is 1. The number of nitrogens with zero attached hydrogens (tertiary/aromatic N) is 1. The number of aryl methyl sites for hydroxylation is 1. The number of ether oxygens (including phenoxy) is 1. The molecule has 1 amide bonds. The lowest BCUT2D eigenvalue weighted by molar-refractivity contribution is -0.138. The summed E-state index contributed by atoms with van der Waals surface area (Å²) in [5.41, 5.74) is 5.59. The van der Waals surface area contributed by atoms with Crippen LogP contribution in [-0.2, 0) is 14.4 Å². The number of ketones is 1. The van der Waals surface area contributed by atoms with Crippen molar-refractivity contribution in [3.63, 3.8) is 0 Å². The zero-order valence-corrected chi connectivity index (χ0v) is 21.4. The van der Waals surface area contributed by atoms with Crippen LogP contribution < -0.4 is 15.0 Å². The van der Waals surface area contributed by atoms with E-state index in [0.717, 1.165) is 22.4 Å². The fraction of sp³-hybridized carbons (Fsp3) is 0.258. The minimum Gasteiger partial charge on any atom is -0.497 e. The predicted octanol–water partition coefficient (Wildman–Crippen LogP) is 5.77.